The Morgan fingerprint density at radius 2 is 2.25 bits per heavy atom. The maximum atomic E-state index is 12.4. The van der Waals surface area contributed by atoms with Crippen LogP contribution in [-0.4, -0.2) is 35.0 Å². The van der Waals surface area contributed by atoms with E-state index in [9.17, 15) is 9.59 Å². The number of H-pyrrole nitrogens is 1. The lowest BCUT2D eigenvalue weighted by molar-refractivity contribution is -0.0602. The maximum absolute atomic E-state index is 12.4. The molecule has 4 N–H and O–H groups in total. The number of carbonyl (C=O) groups is 2. The molecule has 1 aromatic heterocycles. The summed E-state index contributed by atoms with van der Waals surface area (Å²) in [5.41, 5.74) is 3.41. The van der Waals surface area contributed by atoms with Gasteiger partial charge in [0.05, 0.1) is 17.8 Å². The molecule has 4 rings (SSSR count). The number of benzene rings is 1. The predicted molar refractivity (Wildman–Crippen MR) is 102 cm³/mol. The van der Waals surface area contributed by atoms with Gasteiger partial charge >= 0.3 is 6.03 Å². The number of ether oxygens (including phenoxy) is 1. The largest absolute Gasteiger partial charge is 0.358 e. The van der Waals surface area contributed by atoms with Gasteiger partial charge in [0.1, 0.15) is 6.23 Å². The van der Waals surface area contributed by atoms with Gasteiger partial charge in [-0.15, -0.1) is 0 Å². The normalized spacial score (nSPS) is 24.0. The Kier molecular flexibility index (Phi) is 5.29. The minimum atomic E-state index is -0.246. The average Bonchev–Trinajstić information content (AvgIpc) is 3.20. The molecule has 8 nitrogen and oxygen atoms in total. The fourth-order valence-corrected chi connectivity index (χ4v) is 4.00. The summed E-state index contributed by atoms with van der Waals surface area (Å²) >= 11 is 0. The number of aromatic nitrogens is 2. The van der Waals surface area contributed by atoms with Crippen LogP contribution >= 0.6 is 0 Å². The van der Waals surface area contributed by atoms with Crippen LogP contribution in [0.25, 0.3) is 0 Å². The fourth-order valence-electron chi connectivity index (χ4n) is 4.00. The van der Waals surface area contributed by atoms with E-state index >= 15 is 0 Å². The van der Waals surface area contributed by atoms with Crippen LogP contribution in [0.2, 0.25) is 0 Å². The van der Waals surface area contributed by atoms with Crippen molar-refractivity contribution in [3.05, 3.63) is 52.8 Å². The first-order valence-corrected chi connectivity index (χ1v) is 9.73. The van der Waals surface area contributed by atoms with Crippen molar-refractivity contribution in [3.63, 3.8) is 0 Å². The molecule has 3 amide bonds. The van der Waals surface area contributed by atoms with Gasteiger partial charge in [0.15, 0.2) is 0 Å². The summed E-state index contributed by atoms with van der Waals surface area (Å²) in [6.07, 6.45) is 4.00. The number of amides is 3. The zero-order valence-corrected chi connectivity index (χ0v) is 15.8. The monoisotopic (exact) mass is 383 g/mol. The highest BCUT2D eigenvalue weighted by Gasteiger charge is 2.39. The van der Waals surface area contributed by atoms with Crippen LogP contribution in [0.1, 0.15) is 53.0 Å². The van der Waals surface area contributed by atoms with Crippen molar-refractivity contribution < 1.29 is 14.3 Å². The SMILES string of the molecule is CCc1[nH]ncc1C(=O)NCc1cccc([C@@H]2NC(=O)N[C@H]3OCCC[C@H]32)c1. The number of nitrogens with zero attached hydrogens (tertiary/aromatic N) is 1. The lowest BCUT2D eigenvalue weighted by Gasteiger charge is -2.42. The lowest BCUT2D eigenvalue weighted by Crippen LogP contribution is -2.58. The van der Waals surface area contributed by atoms with Crippen molar-refractivity contribution in [1.82, 2.24) is 26.1 Å². The van der Waals surface area contributed by atoms with E-state index in [1.54, 1.807) is 6.20 Å². The fraction of sp³-hybridized carbons (Fsp3) is 0.450. The Morgan fingerprint density at radius 3 is 3.11 bits per heavy atom. The van der Waals surface area contributed by atoms with Crippen LogP contribution in [-0.2, 0) is 17.7 Å². The van der Waals surface area contributed by atoms with Crippen LogP contribution in [0.5, 0.6) is 0 Å². The molecule has 2 aliphatic rings. The number of carbonyl (C=O) groups excluding carboxylic acids is 2. The maximum Gasteiger partial charge on any atom is 0.317 e. The molecule has 2 saturated heterocycles. The summed E-state index contributed by atoms with van der Waals surface area (Å²) < 4.78 is 5.74. The molecule has 0 spiro atoms. The number of aryl methyl sites for hydroxylation is 1. The standard InChI is InChI=1S/C20H25N5O3/c1-2-16-15(11-22-25-16)18(26)21-10-12-5-3-6-13(9-12)17-14-7-4-8-28-19(14)24-20(27)23-17/h3,5-6,9,11,14,17,19H,2,4,7-8,10H2,1H3,(H,21,26)(H,22,25)(H2,23,24,27)/t14-,17-,19-/m0/s1. The third kappa shape index (κ3) is 3.73. The van der Waals surface area contributed by atoms with E-state index in [1.807, 2.05) is 31.2 Å². The molecule has 0 aliphatic carbocycles. The van der Waals surface area contributed by atoms with E-state index in [1.165, 1.54) is 0 Å². The van der Waals surface area contributed by atoms with Gasteiger partial charge in [-0.1, -0.05) is 31.2 Å². The summed E-state index contributed by atoms with van der Waals surface area (Å²) in [5, 5.41) is 15.6. The predicted octanol–water partition coefficient (Wildman–Crippen LogP) is 2.01. The van der Waals surface area contributed by atoms with Gasteiger partial charge in [0.2, 0.25) is 0 Å². The highest BCUT2D eigenvalue weighted by Crippen LogP contribution is 2.34. The van der Waals surface area contributed by atoms with E-state index in [2.05, 4.69) is 26.1 Å². The smallest absolute Gasteiger partial charge is 0.317 e. The summed E-state index contributed by atoms with van der Waals surface area (Å²) in [4.78, 5) is 24.4. The third-order valence-electron chi connectivity index (χ3n) is 5.44. The minimum Gasteiger partial charge on any atom is -0.358 e. The van der Waals surface area contributed by atoms with Crippen LogP contribution in [0.3, 0.4) is 0 Å². The van der Waals surface area contributed by atoms with Gasteiger partial charge in [-0.25, -0.2) is 4.79 Å². The number of fused-ring (bicyclic) bond motifs is 1. The van der Waals surface area contributed by atoms with Gasteiger partial charge in [0, 0.05) is 24.8 Å². The van der Waals surface area contributed by atoms with Crippen molar-refractivity contribution in [2.45, 2.75) is 45.0 Å². The molecule has 3 atom stereocenters. The van der Waals surface area contributed by atoms with Crippen LogP contribution < -0.4 is 16.0 Å². The number of nitrogens with one attached hydrogen (secondary N) is 4. The number of aromatic amines is 1. The van der Waals surface area contributed by atoms with Crippen molar-refractivity contribution in [3.8, 4) is 0 Å². The van der Waals surface area contributed by atoms with E-state index < -0.39 is 0 Å². The summed E-state index contributed by atoms with van der Waals surface area (Å²) in [5.74, 6) is 0.0428. The molecule has 0 bridgehead atoms. The quantitative estimate of drug-likeness (QED) is 0.633. The molecular weight excluding hydrogens is 358 g/mol. The first-order chi connectivity index (χ1) is 13.7. The molecular formula is C20H25N5O3. The molecule has 3 heterocycles. The summed E-state index contributed by atoms with van der Waals surface area (Å²) in [6.45, 7) is 3.06. The first kappa shape index (κ1) is 18.5. The highest BCUT2D eigenvalue weighted by atomic mass is 16.5. The van der Waals surface area contributed by atoms with Gasteiger partial charge in [-0.2, -0.15) is 5.10 Å². The number of hydrogen-bond donors (Lipinski definition) is 4. The molecule has 8 heteroatoms. The summed E-state index contributed by atoms with van der Waals surface area (Å²) in [7, 11) is 0. The molecule has 2 aliphatic heterocycles. The molecule has 0 radical (unpaired) electrons. The second kappa shape index (κ2) is 8.02. The topological polar surface area (TPSA) is 108 Å². The zero-order chi connectivity index (χ0) is 19.5. The van der Waals surface area contributed by atoms with Gasteiger partial charge in [0.25, 0.3) is 5.91 Å². The van der Waals surface area contributed by atoms with Crippen molar-refractivity contribution in [2.75, 3.05) is 6.61 Å². The van der Waals surface area contributed by atoms with Crippen molar-refractivity contribution in [1.29, 1.82) is 0 Å². The number of rotatable bonds is 5. The molecule has 1 aromatic carbocycles. The average molecular weight is 383 g/mol. The molecule has 0 unspecified atom stereocenters. The van der Waals surface area contributed by atoms with E-state index in [0.717, 1.165) is 36.1 Å². The molecule has 0 saturated carbocycles. The van der Waals surface area contributed by atoms with Gasteiger partial charge < -0.3 is 20.7 Å². The Balaban J connectivity index is 1.47. The van der Waals surface area contributed by atoms with Gasteiger partial charge in [-0.3, -0.25) is 9.89 Å². The highest BCUT2D eigenvalue weighted by molar-refractivity contribution is 5.95. The number of hydrogen-bond acceptors (Lipinski definition) is 4. The molecule has 2 aromatic rings. The Hall–Kier alpha value is -2.87. The lowest BCUT2D eigenvalue weighted by atomic mass is 9.85. The van der Waals surface area contributed by atoms with Gasteiger partial charge in [-0.05, 0) is 30.4 Å². The Morgan fingerprint density at radius 1 is 1.36 bits per heavy atom. The number of urea groups is 1. The molecule has 148 valence electrons. The van der Waals surface area contributed by atoms with Crippen LogP contribution in [0.15, 0.2) is 30.5 Å². The van der Waals surface area contributed by atoms with Crippen molar-refractivity contribution >= 4 is 11.9 Å². The van der Waals surface area contributed by atoms with E-state index in [-0.39, 0.29) is 30.1 Å². The molecule has 2 fully saturated rings. The summed E-state index contributed by atoms with van der Waals surface area (Å²) in [6, 6.07) is 7.67. The first-order valence-electron chi connectivity index (χ1n) is 9.73. The third-order valence-corrected chi connectivity index (χ3v) is 5.44. The second-order valence-corrected chi connectivity index (χ2v) is 7.24. The van der Waals surface area contributed by atoms with E-state index in [4.69, 9.17) is 4.74 Å². The van der Waals surface area contributed by atoms with E-state index in [0.29, 0.717) is 18.7 Å². The van der Waals surface area contributed by atoms with Crippen LogP contribution in [0.4, 0.5) is 4.79 Å². The van der Waals surface area contributed by atoms with Crippen LogP contribution in [0, 0.1) is 5.92 Å². The zero-order valence-electron chi connectivity index (χ0n) is 15.8. The molecule has 28 heavy (non-hydrogen) atoms. The Bertz CT molecular complexity index is 865. The van der Waals surface area contributed by atoms with Crippen molar-refractivity contribution in [2.24, 2.45) is 5.92 Å². The Labute approximate surface area is 163 Å². The second-order valence-electron chi connectivity index (χ2n) is 7.24. The minimum absolute atomic E-state index is 0.102.